The van der Waals surface area contributed by atoms with Crippen LogP contribution in [-0.4, -0.2) is 15.5 Å². The second-order valence-corrected chi connectivity index (χ2v) is 10.6. The molecule has 3 aromatic rings. The normalized spacial score (nSPS) is 21.1. The number of benzene rings is 3. The Morgan fingerprint density at radius 3 is 2.64 bits per heavy atom. The molecular weight excluding hydrogens is 432 g/mol. The number of rotatable bonds is 5. The van der Waals surface area contributed by atoms with Crippen LogP contribution in [0.1, 0.15) is 40.6 Å². The van der Waals surface area contributed by atoms with Gasteiger partial charge in [0.1, 0.15) is 5.75 Å². The van der Waals surface area contributed by atoms with E-state index in [9.17, 15) is 8.42 Å². The summed E-state index contributed by atoms with van der Waals surface area (Å²) in [5, 5.41) is 3.67. The van der Waals surface area contributed by atoms with Crippen molar-refractivity contribution in [3.63, 3.8) is 0 Å². The highest BCUT2D eigenvalue weighted by molar-refractivity contribution is 7.92. The van der Waals surface area contributed by atoms with Crippen molar-refractivity contribution in [2.75, 3.05) is 17.1 Å². The zero-order valence-electron chi connectivity index (χ0n) is 19.0. The Bertz CT molecular complexity index is 1350. The molecule has 0 radical (unpaired) electrons. The Labute approximate surface area is 195 Å². The van der Waals surface area contributed by atoms with Crippen molar-refractivity contribution in [2.45, 2.75) is 37.1 Å². The summed E-state index contributed by atoms with van der Waals surface area (Å²) in [4.78, 5) is 0.278. The maximum Gasteiger partial charge on any atom is 0.261 e. The fourth-order valence-corrected chi connectivity index (χ4v) is 6.01. The predicted octanol–water partition coefficient (Wildman–Crippen LogP) is 5.94. The zero-order chi connectivity index (χ0) is 23.2. The molecule has 6 heteroatoms. The molecule has 0 saturated carbocycles. The molecule has 170 valence electrons. The topological polar surface area (TPSA) is 67.4 Å². The van der Waals surface area contributed by atoms with Gasteiger partial charge in [-0.3, -0.25) is 4.72 Å². The van der Waals surface area contributed by atoms with Crippen LogP contribution in [0.3, 0.4) is 0 Å². The Hall–Kier alpha value is -3.25. The molecule has 0 aromatic heterocycles. The number of hydrogen-bond acceptors (Lipinski definition) is 4. The van der Waals surface area contributed by atoms with Gasteiger partial charge in [0, 0.05) is 17.3 Å². The van der Waals surface area contributed by atoms with Gasteiger partial charge in [-0.15, -0.1) is 0 Å². The standard InChI is InChI=1S/C27H28N2O3S/c1-17-10-11-20(14-18(17)2)29-33(30,31)22-12-13-26-25(16-22)23-8-5-9-24(23)27(28-26)19-6-4-7-21(15-19)32-3/h4-8,10-16,23-24,27-29H,9H2,1-3H3/t23-,24-,27-/m1/s1. The van der Waals surface area contributed by atoms with Crippen LogP contribution in [0.25, 0.3) is 0 Å². The third-order valence-electron chi connectivity index (χ3n) is 6.86. The van der Waals surface area contributed by atoms with Gasteiger partial charge in [-0.05, 0) is 90.9 Å². The van der Waals surface area contributed by atoms with Crippen molar-refractivity contribution in [3.8, 4) is 5.75 Å². The fraction of sp³-hybridized carbons (Fsp3) is 0.259. The van der Waals surface area contributed by atoms with Crippen molar-refractivity contribution in [1.29, 1.82) is 0 Å². The minimum absolute atomic E-state index is 0.128. The highest BCUT2D eigenvalue weighted by Crippen LogP contribution is 2.50. The number of sulfonamides is 1. The van der Waals surface area contributed by atoms with E-state index in [1.165, 1.54) is 5.56 Å². The maximum absolute atomic E-state index is 13.2. The van der Waals surface area contributed by atoms with Gasteiger partial charge >= 0.3 is 0 Å². The molecule has 0 spiro atoms. The van der Waals surface area contributed by atoms with Crippen molar-refractivity contribution < 1.29 is 13.2 Å². The molecule has 3 atom stereocenters. The second-order valence-electron chi connectivity index (χ2n) is 8.91. The van der Waals surface area contributed by atoms with Crippen LogP contribution in [0.5, 0.6) is 5.75 Å². The number of anilines is 2. The van der Waals surface area contributed by atoms with Crippen LogP contribution in [-0.2, 0) is 10.0 Å². The lowest BCUT2D eigenvalue weighted by Gasteiger charge is -2.37. The number of allylic oxidation sites excluding steroid dienone is 2. The molecule has 0 saturated heterocycles. The molecule has 33 heavy (non-hydrogen) atoms. The summed E-state index contributed by atoms with van der Waals surface area (Å²) in [7, 11) is -2.02. The monoisotopic (exact) mass is 460 g/mol. The van der Waals surface area contributed by atoms with Crippen LogP contribution >= 0.6 is 0 Å². The van der Waals surface area contributed by atoms with Gasteiger partial charge in [-0.25, -0.2) is 8.42 Å². The van der Waals surface area contributed by atoms with E-state index in [2.05, 4.69) is 34.3 Å². The van der Waals surface area contributed by atoms with E-state index in [1.54, 1.807) is 19.2 Å². The molecular formula is C27H28N2O3S. The summed E-state index contributed by atoms with van der Waals surface area (Å²) in [6, 6.07) is 19.3. The second kappa shape index (κ2) is 8.27. The molecule has 2 N–H and O–H groups in total. The highest BCUT2D eigenvalue weighted by atomic mass is 32.2. The van der Waals surface area contributed by atoms with Crippen molar-refractivity contribution in [1.82, 2.24) is 0 Å². The van der Waals surface area contributed by atoms with Gasteiger partial charge in [0.05, 0.1) is 18.0 Å². The minimum Gasteiger partial charge on any atom is -0.497 e. The first-order chi connectivity index (χ1) is 15.9. The summed E-state index contributed by atoms with van der Waals surface area (Å²) in [6.07, 6.45) is 5.36. The van der Waals surface area contributed by atoms with Gasteiger partial charge in [-0.2, -0.15) is 0 Å². The molecule has 0 bridgehead atoms. The van der Waals surface area contributed by atoms with E-state index < -0.39 is 10.0 Å². The summed E-state index contributed by atoms with van der Waals surface area (Å²) >= 11 is 0. The number of nitrogens with one attached hydrogen (secondary N) is 2. The van der Waals surface area contributed by atoms with Crippen LogP contribution in [0.4, 0.5) is 11.4 Å². The van der Waals surface area contributed by atoms with Crippen LogP contribution in [0.2, 0.25) is 0 Å². The zero-order valence-corrected chi connectivity index (χ0v) is 19.8. The molecule has 1 aliphatic carbocycles. The van der Waals surface area contributed by atoms with E-state index in [0.29, 0.717) is 11.6 Å². The van der Waals surface area contributed by atoms with E-state index in [1.807, 2.05) is 50.2 Å². The maximum atomic E-state index is 13.2. The first kappa shape index (κ1) is 21.6. The Morgan fingerprint density at radius 1 is 1.00 bits per heavy atom. The van der Waals surface area contributed by atoms with Gasteiger partial charge in [0.15, 0.2) is 0 Å². The first-order valence-electron chi connectivity index (χ1n) is 11.2. The Kier molecular flexibility index (Phi) is 5.41. The number of hydrogen-bond donors (Lipinski definition) is 2. The summed E-state index contributed by atoms with van der Waals surface area (Å²) in [5.41, 5.74) is 5.92. The van der Waals surface area contributed by atoms with Crippen LogP contribution in [0.15, 0.2) is 77.7 Å². The predicted molar refractivity (Wildman–Crippen MR) is 133 cm³/mol. The Balaban J connectivity index is 1.48. The van der Waals surface area contributed by atoms with E-state index >= 15 is 0 Å². The first-order valence-corrected chi connectivity index (χ1v) is 12.7. The molecule has 2 aliphatic rings. The summed E-state index contributed by atoms with van der Waals surface area (Å²) in [6.45, 7) is 3.98. The lowest BCUT2D eigenvalue weighted by Crippen LogP contribution is -2.29. The SMILES string of the molecule is COc1cccc([C@H]2Nc3ccc(S(=O)(=O)Nc4ccc(C)c(C)c4)cc3[C@@H]3C=CC[C@@H]23)c1. The number of ether oxygens (including phenoxy) is 1. The van der Waals surface area contributed by atoms with Gasteiger partial charge in [0.25, 0.3) is 10.0 Å². The van der Waals surface area contributed by atoms with Crippen LogP contribution < -0.4 is 14.8 Å². The smallest absolute Gasteiger partial charge is 0.261 e. The lowest BCUT2D eigenvalue weighted by atomic mass is 9.77. The number of methoxy groups -OCH3 is 1. The minimum atomic E-state index is -3.70. The highest BCUT2D eigenvalue weighted by Gasteiger charge is 2.38. The quantitative estimate of drug-likeness (QED) is 0.463. The molecule has 1 heterocycles. The van der Waals surface area contributed by atoms with Crippen molar-refractivity contribution in [3.05, 3.63) is 95.1 Å². The average Bonchev–Trinajstić information content (AvgIpc) is 3.31. The lowest BCUT2D eigenvalue weighted by molar-refractivity contribution is 0.406. The Morgan fingerprint density at radius 2 is 1.85 bits per heavy atom. The van der Waals surface area contributed by atoms with Gasteiger partial charge in [-0.1, -0.05) is 30.4 Å². The fourth-order valence-electron chi connectivity index (χ4n) is 4.92. The molecule has 3 aromatic carbocycles. The van der Waals surface area contributed by atoms with Gasteiger partial charge in [0.2, 0.25) is 0 Å². The number of aryl methyl sites for hydroxylation is 2. The van der Waals surface area contributed by atoms with E-state index in [0.717, 1.165) is 34.5 Å². The van der Waals surface area contributed by atoms with E-state index in [4.69, 9.17) is 4.74 Å². The largest absolute Gasteiger partial charge is 0.497 e. The molecule has 5 nitrogen and oxygen atoms in total. The third kappa shape index (κ3) is 4.00. The van der Waals surface area contributed by atoms with Gasteiger partial charge < -0.3 is 10.1 Å². The van der Waals surface area contributed by atoms with E-state index in [-0.39, 0.29) is 16.9 Å². The molecule has 5 rings (SSSR count). The average molecular weight is 461 g/mol. The van der Waals surface area contributed by atoms with Crippen molar-refractivity contribution in [2.24, 2.45) is 5.92 Å². The molecule has 0 unspecified atom stereocenters. The molecule has 1 aliphatic heterocycles. The summed E-state index contributed by atoms with van der Waals surface area (Å²) < 4.78 is 34.5. The van der Waals surface area contributed by atoms with Crippen LogP contribution in [0, 0.1) is 19.8 Å². The summed E-state index contributed by atoms with van der Waals surface area (Å²) in [5.74, 6) is 1.31. The molecule has 0 amide bonds. The molecule has 0 fully saturated rings. The third-order valence-corrected chi connectivity index (χ3v) is 8.24. The number of fused-ring (bicyclic) bond motifs is 3. The van der Waals surface area contributed by atoms with Crippen molar-refractivity contribution >= 4 is 21.4 Å².